The van der Waals surface area contributed by atoms with E-state index in [1.165, 1.54) is 32.1 Å². The largest absolute Gasteiger partial charge is 0.503 e. The second kappa shape index (κ2) is 7.00. The summed E-state index contributed by atoms with van der Waals surface area (Å²) in [5.41, 5.74) is 0. The van der Waals surface area contributed by atoms with Gasteiger partial charge in [-0.1, -0.05) is 32.1 Å². The number of hydrogen-bond donors (Lipinski definition) is 0. The van der Waals surface area contributed by atoms with Gasteiger partial charge in [-0.05, 0) is 19.8 Å². The maximum absolute atomic E-state index is 6.00. The predicted octanol–water partition coefficient (Wildman–Crippen LogP) is 2.95. The molecular formula is C13H26O4Si. The van der Waals surface area contributed by atoms with Gasteiger partial charge in [0.05, 0.1) is 0 Å². The van der Waals surface area contributed by atoms with Crippen molar-refractivity contribution >= 4 is 8.80 Å². The van der Waals surface area contributed by atoms with Crippen LogP contribution >= 0.6 is 0 Å². The molecule has 1 atom stereocenters. The lowest BCUT2D eigenvalue weighted by molar-refractivity contribution is 0.0268. The first kappa shape index (κ1) is 14.5. The summed E-state index contributed by atoms with van der Waals surface area (Å²) in [6.07, 6.45) is 6.58. The minimum absolute atomic E-state index is 0.0710. The summed E-state index contributed by atoms with van der Waals surface area (Å²) in [7, 11) is -2.51. The molecule has 5 heteroatoms. The fourth-order valence-corrected chi connectivity index (χ4v) is 5.85. The Labute approximate surface area is 111 Å². The second-order valence-corrected chi connectivity index (χ2v) is 7.73. The van der Waals surface area contributed by atoms with Crippen LogP contribution in [0.2, 0.25) is 6.04 Å². The van der Waals surface area contributed by atoms with Crippen molar-refractivity contribution in [3.05, 3.63) is 0 Å². The average Bonchev–Trinajstić information content (AvgIpc) is 3.15. The Bertz CT molecular complexity index is 233. The molecule has 2 aliphatic rings. The Kier molecular flexibility index (Phi) is 5.63. The van der Waals surface area contributed by atoms with Crippen molar-refractivity contribution in [2.75, 3.05) is 19.8 Å². The fraction of sp³-hybridized carbons (Fsp3) is 1.00. The first-order valence-electron chi connectivity index (χ1n) is 7.35. The van der Waals surface area contributed by atoms with Crippen LogP contribution in [0.1, 0.15) is 46.0 Å². The van der Waals surface area contributed by atoms with E-state index >= 15 is 0 Å². The third-order valence-corrected chi connectivity index (χ3v) is 6.76. The molecule has 1 saturated heterocycles. The van der Waals surface area contributed by atoms with Crippen LogP contribution in [-0.4, -0.2) is 34.9 Å². The van der Waals surface area contributed by atoms with Crippen LogP contribution in [0.25, 0.3) is 0 Å². The predicted molar refractivity (Wildman–Crippen MR) is 71.2 cm³/mol. The van der Waals surface area contributed by atoms with E-state index < -0.39 is 8.80 Å². The molecule has 1 heterocycles. The molecule has 2 fully saturated rings. The zero-order valence-electron chi connectivity index (χ0n) is 11.7. The van der Waals surface area contributed by atoms with Gasteiger partial charge in [0, 0.05) is 19.3 Å². The van der Waals surface area contributed by atoms with Crippen LogP contribution < -0.4 is 0 Å². The average molecular weight is 274 g/mol. The lowest BCUT2D eigenvalue weighted by Crippen LogP contribution is -2.48. The Morgan fingerprint density at radius 3 is 2.17 bits per heavy atom. The first-order chi connectivity index (χ1) is 8.78. The van der Waals surface area contributed by atoms with Crippen molar-refractivity contribution in [2.24, 2.45) is 5.92 Å². The van der Waals surface area contributed by atoms with E-state index in [-0.39, 0.29) is 6.29 Å². The van der Waals surface area contributed by atoms with Crippen LogP contribution in [0.15, 0.2) is 0 Å². The number of hydrogen-bond acceptors (Lipinski definition) is 4. The molecule has 106 valence electrons. The van der Waals surface area contributed by atoms with Gasteiger partial charge in [-0.15, -0.1) is 0 Å². The Balaban J connectivity index is 1.94. The van der Waals surface area contributed by atoms with E-state index in [0.29, 0.717) is 25.7 Å². The van der Waals surface area contributed by atoms with E-state index in [1.54, 1.807) is 0 Å². The maximum Gasteiger partial charge on any atom is 0.503 e. The van der Waals surface area contributed by atoms with Crippen molar-refractivity contribution in [3.63, 3.8) is 0 Å². The summed E-state index contributed by atoms with van der Waals surface area (Å²) in [5, 5.41) is 0. The highest BCUT2D eigenvalue weighted by atomic mass is 28.4. The summed E-state index contributed by atoms with van der Waals surface area (Å²) >= 11 is 0. The van der Waals surface area contributed by atoms with Crippen molar-refractivity contribution in [1.29, 1.82) is 0 Å². The third-order valence-electron chi connectivity index (χ3n) is 3.61. The molecule has 0 aromatic heterocycles. The van der Waals surface area contributed by atoms with Crippen LogP contribution in [0.5, 0.6) is 0 Å². The van der Waals surface area contributed by atoms with E-state index in [4.69, 9.17) is 18.0 Å². The zero-order chi connectivity index (χ0) is 12.8. The van der Waals surface area contributed by atoms with Gasteiger partial charge >= 0.3 is 8.80 Å². The minimum atomic E-state index is -2.51. The van der Waals surface area contributed by atoms with E-state index in [1.807, 2.05) is 13.8 Å². The molecule has 0 radical (unpaired) electrons. The molecular weight excluding hydrogens is 248 g/mol. The van der Waals surface area contributed by atoms with Gasteiger partial charge in [-0.3, -0.25) is 0 Å². The molecule has 1 aliphatic heterocycles. The molecule has 4 nitrogen and oxygen atoms in total. The van der Waals surface area contributed by atoms with Gasteiger partial charge in [0.15, 0.2) is 6.29 Å². The van der Waals surface area contributed by atoms with Gasteiger partial charge in [-0.2, -0.15) is 0 Å². The molecule has 0 spiro atoms. The molecule has 0 aromatic carbocycles. The summed E-state index contributed by atoms with van der Waals surface area (Å²) < 4.78 is 23.1. The number of rotatable bonds is 8. The molecule has 1 aliphatic carbocycles. The van der Waals surface area contributed by atoms with Gasteiger partial charge in [-0.25, -0.2) is 0 Å². The number of ether oxygens (including phenoxy) is 1. The zero-order valence-corrected chi connectivity index (χ0v) is 12.7. The second-order valence-electron chi connectivity index (χ2n) is 5.14. The highest BCUT2D eigenvalue weighted by molar-refractivity contribution is 6.60. The van der Waals surface area contributed by atoms with E-state index in [0.717, 1.165) is 6.04 Å². The molecule has 2 rings (SSSR count). The fourth-order valence-electron chi connectivity index (χ4n) is 2.77. The normalized spacial score (nSPS) is 25.3. The quantitative estimate of drug-likeness (QED) is 0.504. The SMILES string of the molecule is CCO[Si](CC1CCCCC1)(OCC)OC1CO1. The highest BCUT2D eigenvalue weighted by Gasteiger charge is 2.48. The summed E-state index contributed by atoms with van der Waals surface area (Å²) in [5.74, 6) is 0.710. The van der Waals surface area contributed by atoms with E-state index in [2.05, 4.69) is 0 Å². The first-order valence-corrected chi connectivity index (χ1v) is 9.28. The minimum Gasteiger partial charge on any atom is -0.374 e. The molecule has 1 unspecified atom stereocenters. The van der Waals surface area contributed by atoms with Crippen LogP contribution in [0.4, 0.5) is 0 Å². The molecule has 18 heavy (non-hydrogen) atoms. The van der Waals surface area contributed by atoms with Crippen molar-refractivity contribution in [3.8, 4) is 0 Å². The van der Waals surface area contributed by atoms with Gasteiger partial charge in [0.2, 0.25) is 0 Å². The van der Waals surface area contributed by atoms with Gasteiger partial charge < -0.3 is 18.0 Å². The summed E-state index contributed by atoms with van der Waals surface area (Å²) in [6.45, 7) is 6.04. The van der Waals surface area contributed by atoms with E-state index in [9.17, 15) is 0 Å². The Morgan fingerprint density at radius 2 is 1.67 bits per heavy atom. The molecule has 0 N–H and O–H groups in total. The van der Waals surface area contributed by atoms with Crippen molar-refractivity contribution in [2.45, 2.75) is 58.3 Å². The van der Waals surface area contributed by atoms with Crippen LogP contribution in [-0.2, 0) is 18.0 Å². The molecule has 0 aromatic rings. The summed E-state index contributed by atoms with van der Waals surface area (Å²) in [6, 6.07) is 0.967. The van der Waals surface area contributed by atoms with Crippen molar-refractivity contribution < 1.29 is 18.0 Å². The van der Waals surface area contributed by atoms with Crippen LogP contribution in [0.3, 0.4) is 0 Å². The standard InChI is InChI=1S/C13H26O4Si/c1-3-15-18(16-4-2,17-13-10-14-13)11-12-8-6-5-7-9-12/h12-13H,3-11H2,1-2H3. The van der Waals surface area contributed by atoms with Gasteiger partial charge in [0.25, 0.3) is 0 Å². The smallest absolute Gasteiger partial charge is 0.374 e. The van der Waals surface area contributed by atoms with Gasteiger partial charge in [0.1, 0.15) is 6.61 Å². The topological polar surface area (TPSA) is 40.2 Å². The lowest BCUT2D eigenvalue weighted by Gasteiger charge is -2.32. The lowest BCUT2D eigenvalue weighted by atomic mass is 9.91. The summed E-state index contributed by atoms with van der Waals surface area (Å²) in [4.78, 5) is 0. The maximum atomic E-state index is 6.00. The highest BCUT2D eigenvalue weighted by Crippen LogP contribution is 2.34. The molecule has 1 saturated carbocycles. The monoisotopic (exact) mass is 274 g/mol. The Hall–Kier alpha value is 0.0569. The molecule has 0 bridgehead atoms. The molecule has 0 amide bonds. The van der Waals surface area contributed by atoms with Crippen molar-refractivity contribution in [1.82, 2.24) is 0 Å². The number of epoxide rings is 1. The van der Waals surface area contributed by atoms with Crippen LogP contribution in [0, 0.1) is 5.92 Å². The Morgan fingerprint density at radius 1 is 1.06 bits per heavy atom. The third kappa shape index (κ3) is 4.31.